The van der Waals surface area contributed by atoms with E-state index in [1.807, 2.05) is 0 Å². The first kappa shape index (κ1) is 14.7. The minimum atomic E-state index is -0.797. The fourth-order valence-electron chi connectivity index (χ4n) is 3.20. The van der Waals surface area contributed by atoms with Gasteiger partial charge in [0.05, 0.1) is 6.07 Å². The molecule has 0 atom stereocenters. The largest absolute Gasteiger partial charge is 0.334 e. The Morgan fingerprint density at radius 3 is 2.17 bits per heavy atom. The molecule has 1 amide bonds. The summed E-state index contributed by atoms with van der Waals surface area (Å²) in [5.41, 5.74) is -1.16. The van der Waals surface area contributed by atoms with E-state index < -0.39 is 5.54 Å². The van der Waals surface area contributed by atoms with Crippen LogP contribution < -0.4 is 10.6 Å². The first-order valence-corrected chi connectivity index (χ1v) is 6.29. The fourth-order valence-corrected chi connectivity index (χ4v) is 3.20. The average Bonchev–Trinajstić information content (AvgIpc) is 2.12. The van der Waals surface area contributed by atoms with E-state index in [2.05, 4.69) is 44.4 Å². The topological polar surface area (TPSA) is 64.9 Å². The highest BCUT2D eigenvalue weighted by Crippen LogP contribution is 2.35. The summed E-state index contributed by atoms with van der Waals surface area (Å²) in [5, 5.41) is 15.9. The maximum absolute atomic E-state index is 11.7. The summed E-state index contributed by atoms with van der Waals surface area (Å²) in [6.07, 6.45) is 4.34. The van der Waals surface area contributed by atoms with E-state index in [1.165, 1.54) is 6.08 Å². The SMILES string of the molecule is CC=CC(=O)NC1(C#N)CC(C)(C)NC(C)(C)C1. The molecule has 4 nitrogen and oxygen atoms in total. The molecule has 100 valence electrons. The molecular formula is C14H23N3O. The van der Waals surface area contributed by atoms with Crippen LogP contribution in [0.2, 0.25) is 0 Å². The van der Waals surface area contributed by atoms with Crippen molar-refractivity contribution in [1.29, 1.82) is 5.26 Å². The molecule has 1 rings (SSSR count). The number of hydrogen-bond donors (Lipinski definition) is 2. The number of carbonyl (C=O) groups excluding carboxylic acids is 1. The van der Waals surface area contributed by atoms with Gasteiger partial charge in [-0.1, -0.05) is 6.08 Å². The van der Waals surface area contributed by atoms with Gasteiger partial charge in [-0.15, -0.1) is 0 Å². The zero-order valence-corrected chi connectivity index (χ0v) is 11.9. The van der Waals surface area contributed by atoms with Gasteiger partial charge in [0.1, 0.15) is 5.54 Å². The Balaban J connectivity index is 3.00. The third-order valence-electron chi connectivity index (χ3n) is 3.06. The standard InChI is InChI=1S/C14H23N3O/c1-6-7-11(18)16-14(10-15)8-12(2,3)17-13(4,5)9-14/h6-7,17H,8-9H2,1-5H3,(H,16,18). The van der Waals surface area contributed by atoms with Crippen molar-refractivity contribution in [2.45, 2.75) is 64.1 Å². The van der Waals surface area contributed by atoms with Gasteiger partial charge in [-0.25, -0.2) is 0 Å². The van der Waals surface area contributed by atoms with Gasteiger partial charge >= 0.3 is 0 Å². The van der Waals surface area contributed by atoms with E-state index in [0.29, 0.717) is 12.8 Å². The van der Waals surface area contributed by atoms with Gasteiger partial charge in [0.25, 0.3) is 0 Å². The zero-order valence-electron chi connectivity index (χ0n) is 11.9. The number of nitrogens with zero attached hydrogens (tertiary/aromatic N) is 1. The number of amides is 1. The third-order valence-corrected chi connectivity index (χ3v) is 3.06. The van der Waals surface area contributed by atoms with Gasteiger partial charge in [0.2, 0.25) is 5.91 Å². The number of nitriles is 1. The molecule has 1 heterocycles. The van der Waals surface area contributed by atoms with Crippen molar-refractivity contribution < 1.29 is 4.79 Å². The molecule has 0 aliphatic carbocycles. The Kier molecular flexibility index (Phi) is 3.87. The summed E-state index contributed by atoms with van der Waals surface area (Å²) in [5.74, 6) is -0.201. The molecule has 0 aromatic rings. The van der Waals surface area contributed by atoms with Crippen molar-refractivity contribution in [1.82, 2.24) is 10.6 Å². The van der Waals surface area contributed by atoms with Crippen molar-refractivity contribution in [3.05, 3.63) is 12.2 Å². The van der Waals surface area contributed by atoms with Crippen LogP contribution in [0.1, 0.15) is 47.5 Å². The lowest BCUT2D eigenvalue weighted by Gasteiger charge is -2.50. The molecule has 0 bridgehead atoms. The van der Waals surface area contributed by atoms with E-state index in [9.17, 15) is 10.1 Å². The Hall–Kier alpha value is -1.34. The van der Waals surface area contributed by atoms with Crippen LogP contribution in [-0.2, 0) is 4.79 Å². The summed E-state index contributed by atoms with van der Waals surface area (Å²) in [6.45, 7) is 10.0. The van der Waals surface area contributed by atoms with Gasteiger partial charge in [0, 0.05) is 23.9 Å². The van der Waals surface area contributed by atoms with Crippen LogP contribution in [0.25, 0.3) is 0 Å². The summed E-state index contributed by atoms with van der Waals surface area (Å²) in [7, 11) is 0. The van der Waals surface area contributed by atoms with Crippen LogP contribution in [0, 0.1) is 11.3 Å². The predicted molar refractivity (Wildman–Crippen MR) is 71.8 cm³/mol. The zero-order chi connectivity index (χ0) is 14.0. The Morgan fingerprint density at radius 2 is 1.78 bits per heavy atom. The highest BCUT2D eigenvalue weighted by atomic mass is 16.1. The molecule has 1 saturated heterocycles. The molecule has 0 aromatic carbocycles. The van der Waals surface area contributed by atoms with Crippen LogP contribution >= 0.6 is 0 Å². The lowest BCUT2D eigenvalue weighted by atomic mass is 9.71. The number of nitrogens with one attached hydrogen (secondary N) is 2. The quantitative estimate of drug-likeness (QED) is 0.734. The van der Waals surface area contributed by atoms with Crippen molar-refractivity contribution in [2.24, 2.45) is 0 Å². The average molecular weight is 249 g/mol. The molecule has 0 radical (unpaired) electrons. The Bertz CT molecular complexity index is 386. The number of allylic oxidation sites excluding steroid dienone is 1. The Morgan fingerprint density at radius 1 is 1.28 bits per heavy atom. The van der Waals surface area contributed by atoms with Crippen molar-refractivity contribution >= 4 is 5.91 Å². The van der Waals surface area contributed by atoms with Gasteiger partial charge in [-0.2, -0.15) is 5.26 Å². The minimum Gasteiger partial charge on any atom is -0.334 e. The molecule has 0 spiro atoms. The van der Waals surface area contributed by atoms with Gasteiger partial charge in [-0.3, -0.25) is 4.79 Å². The normalized spacial score (nSPS) is 24.4. The van der Waals surface area contributed by atoms with E-state index in [0.717, 1.165) is 0 Å². The van der Waals surface area contributed by atoms with Crippen LogP contribution in [0.5, 0.6) is 0 Å². The highest BCUT2D eigenvalue weighted by Gasteiger charge is 2.48. The van der Waals surface area contributed by atoms with Gasteiger partial charge in [-0.05, 0) is 40.7 Å². The molecule has 2 N–H and O–H groups in total. The van der Waals surface area contributed by atoms with Gasteiger partial charge in [0.15, 0.2) is 0 Å². The first-order chi connectivity index (χ1) is 8.14. The van der Waals surface area contributed by atoms with E-state index in [4.69, 9.17) is 0 Å². The monoisotopic (exact) mass is 249 g/mol. The fraction of sp³-hybridized carbons (Fsp3) is 0.714. The van der Waals surface area contributed by atoms with Crippen LogP contribution in [0.4, 0.5) is 0 Å². The lowest BCUT2D eigenvalue weighted by molar-refractivity contribution is -0.118. The summed E-state index contributed by atoms with van der Waals surface area (Å²) >= 11 is 0. The predicted octanol–water partition coefficient (Wildman–Crippen LogP) is 1.88. The molecule has 0 unspecified atom stereocenters. The summed E-state index contributed by atoms with van der Waals surface area (Å²) in [6, 6.07) is 2.31. The maximum atomic E-state index is 11.7. The highest BCUT2D eigenvalue weighted by molar-refractivity contribution is 5.88. The van der Waals surface area contributed by atoms with Crippen LogP contribution in [0.3, 0.4) is 0 Å². The lowest BCUT2D eigenvalue weighted by Crippen LogP contribution is -2.67. The number of piperidine rings is 1. The molecule has 18 heavy (non-hydrogen) atoms. The second-order valence-electron chi connectivity index (χ2n) is 6.43. The number of hydrogen-bond acceptors (Lipinski definition) is 3. The molecule has 1 aliphatic heterocycles. The third kappa shape index (κ3) is 3.58. The number of carbonyl (C=O) groups is 1. The second-order valence-corrected chi connectivity index (χ2v) is 6.43. The van der Waals surface area contributed by atoms with Gasteiger partial charge < -0.3 is 10.6 Å². The molecule has 1 fully saturated rings. The van der Waals surface area contributed by atoms with Crippen molar-refractivity contribution in [2.75, 3.05) is 0 Å². The second kappa shape index (κ2) is 4.74. The minimum absolute atomic E-state index is 0.180. The molecular weight excluding hydrogens is 226 g/mol. The van der Waals surface area contributed by atoms with E-state index in [-0.39, 0.29) is 17.0 Å². The molecule has 0 saturated carbocycles. The van der Waals surface area contributed by atoms with E-state index in [1.54, 1.807) is 13.0 Å². The van der Waals surface area contributed by atoms with Crippen LogP contribution in [-0.4, -0.2) is 22.5 Å². The van der Waals surface area contributed by atoms with Crippen molar-refractivity contribution in [3.8, 4) is 6.07 Å². The first-order valence-electron chi connectivity index (χ1n) is 6.29. The summed E-state index contributed by atoms with van der Waals surface area (Å²) < 4.78 is 0. The molecule has 1 aliphatic rings. The molecule has 4 heteroatoms. The number of rotatable bonds is 2. The summed E-state index contributed by atoms with van der Waals surface area (Å²) in [4.78, 5) is 11.7. The molecule has 0 aromatic heterocycles. The van der Waals surface area contributed by atoms with E-state index >= 15 is 0 Å². The maximum Gasteiger partial charge on any atom is 0.244 e. The van der Waals surface area contributed by atoms with Crippen molar-refractivity contribution in [3.63, 3.8) is 0 Å². The Labute approximate surface area is 109 Å². The van der Waals surface area contributed by atoms with Crippen LogP contribution in [0.15, 0.2) is 12.2 Å². The smallest absolute Gasteiger partial charge is 0.244 e.